The van der Waals surface area contributed by atoms with Crippen LogP contribution in [0.15, 0.2) is 48.5 Å². The average Bonchev–Trinajstić information content (AvgIpc) is 2.82. The van der Waals surface area contributed by atoms with Gasteiger partial charge in [-0.1, -0.05) is 12.1 Å². The number of hydrogen-bond donors (Lipinski definition) is 2. The average molecular weight is 439 g/mol. The van der Waals surface area contributed by atoms with Crippen LogP contribution < -0.4 is 10.6 Å². The minimum Gasteiger partial charge on any atom is -0.379 e. The highest BCUT2D eigenvalue weighted by Crippen LogP contribution is 2.16. The molecule has 0 spiro atoms. The Morgan fingerprint density at radius 3 is 2.03 bits per heavy atom. The number of morpholine rings is 2. The summed E-state index contributed by atoms with van der Waals surface area (Å²) in [6.45, 7) is 7.35. The van der Waals surface area contributed by atoms with Crippen LogP contribution in [-0.2, 0) is 20.8 Å². The highest BCUT2D eigenvalue weighted by Gasteiger charge is 2.15. The number of nitrogens with one attached hydrogen (secondary N) is 2. The molecule has 2 aromatic carbocycles. The number of ether oxygens (including phenoxy) is 2. The van der Waals surface area contributed by atoms with Crippen LogP contribution >= 0.6 is 0 Å². The maximum Gasteiger partial charge on any atom is 0.255 e. The van der Waals surface area contributed by atoms with Gasteiger partial charge in [0.25, 0.3) is 5.91 Å². The summed E-state index contributed by atoms with van der Waals surface area (Å²) in [6, 6.07) is 14.9. The fraction of sp³-hybridized carbons (Fsp3) is 0.417. The molecule has 0 aliphatic carbocycles. The molecule has 4 rings (SSSR count). The summed E-state index contributed by atoms with van der Waals surface area (Å²) in [5, 5.41) is 5.83. The summed E-state index contributed by atoms with van der Waals surface area (Å²) >= 11 is 0. The third-order valence-corrected chi connectivity index (χ3v) is 5.60. The van der Waals surface area contributed by atoms with Crippen LogP contribution in [0.1, 0.15) is 15.9 Å². The van der Waals surface area contributed by atoms with E-state index < -0.39 is 0 Å². The molecule has 2 aliphatic rings. The SMILES string of the molecule is O=C(CN1CCOCC1)Nc1ccc(NC(=O)c2cccc(CN3CCOCC3)c2)cc1. The lowest BCUT2D eigenvalue weighted by Gasteiger charge is -2.26. The van der Waals surface area contributed by atoms with E-state index in [1.807, 2.05) is 24.3 Å². The van der Waals surface area contributed by atoms with Gasteiger partial charge in [0, 0.05) is 49.7 Å². The Balaban J connectivity index is 1.28. The van der Waals surface area contributed by atoms with Crippen molar-refractivity contribution in [3.8, 4) is 0 Å². The molecule has 170 valence electrons. The van der Waals surface area contributed by atoms with Crippen LogP contribution in [0, 0.1) is 0 Å². The number of nitrogens with zero attached hydrogens (tertiary/aromatic N) is 2. The normalized spacial score (nSPS) is 17.6. The van der Waals surface area contributed by atoms with Crippen molar-refractivity contribution in [2.24, 2.45) is 0 Å². The van der Waals surface area contributed by atoms with Crippen molar-refractivity contribution in [2.75, 3.05) is 69.8 Å². The van der Waals surface area contributed by atoms with Gasteiger partial charge in [-0.05, 0) is 42.0 Å². The lowest BCUT2D eigenvalue weighted by molar-refractivity contribution is -0.118. The summed E-state index contributed by atoms with van der Waals surface area (Å²) in [7, 11) is 0. The summed E-state index contributed by atoms with van der Waals surface area (Å²) in [5.74, 6) is -0.210. The van der Waals surface area contributed by atoms with Gasteiger partial charge in [-0.15, -0.1) is 0 Å². The van der Waals surface area contributed by atoms with Crippen LogP contribution in [0.2, 0.25) is 0 Å². The van der Waals surface area contributed by atoms with Crippen LogP contribution in [0.3, 0.4) is 0 Å². The Labute approximate surface area is 188 Å². The quantitative estimate of drug-likeness (QED) is 0.689. The number of amides is 2. The molecule has 0 saturated carbocycles. The predicted octanol–water partition coefficient (Wildman–Crippen LogP) is 2.04. The highest BCUT2D eigenvalue weighted by molar-refractivity contribution is 6.04. The first-order valence-corrected chi connectivity index (χ1v) is 11.1. The predicted molar refractivity (Wildman–Crippen MR) is 123 cm³/mol. The minimum atomic E-state index is -0.155. The van der Waals surface area contributed by atoms with E-state index in [9.17, 15) is 9.59 Å². The smallest absolute Gasteiger partial charge is 0.255 e. The minimum absolute atomic E-state index is 0.0548. The molecule has 2 heterocycles. The Morgan fingerprint density at radius 2 is 1.38 bits per heavy atom. The Hall–Kier alpha value is -2.78. The Bertz CT molecular complexity index is 906. The number of carbonyl (C=O) groups is 2. The number of carbonyl (C=O) groups excluding carboxylic acids is 2. The monoisotopic (exact) mass is 438 g/mol. The second-order valence-corrected chi connectivity index (χ2v) is 8.06. The first-order chi connectivity index (χ1) is 15.7. The third kappa shape index (κ3) is 6.61. The molecule has 2 aliphatic heterocycles. The van der Waals surface area contributed by atoms with Crippen LogP contribution in [0.25, 0.3) is 0 Å². The molecule has 0 unspecified atom stereocenters. The van der Waals surface area contributed by atoms with Crippen molar-refractivity contribution in [3.63, 3.8) is 0 Å². The van der Waals surface area contributed by atoms with Crippen LogP contribution in [-0.4, -0.2) is 80.8 Å². The molecule has 8 nitrogen and oxygen atoms in total. The van der Waals surface area contributed by atoms with Gasteiger partial charge in [0.15, 0.2) is 0 Å². The second-order valence-electron chi connectivity index (χ2n) is 8.06. The van der Waals surface area contributed by atoms with Gasteiger partial charge in [0.05, 0.1) is 33.0 Å². The molecule has 2 aromatic rings. The molecular formula is C24H30N4O4. The van der Waals surface area contributed by atoms with Crippen molar-refractivity contribution < 1.29 is 19.1 Å². The van der Waals surface area contributed by atoms with Gasteiger partial charge in [-0.2, -0.15) is 0 Å². The maximum absolute atomic E-state index is 12.7. The number of anilines is 2. The van der Waals surface area contributed by atoms with Gasteiger partial charge in [-0.3, -0.25) is 19.4 Å². The van der Waals surface area contributed by atoms with Crippen molar-refractivity contribution in [1.29, 1.82) is 0 Å². The standard InChI is InChI=1S/C24H30N4O4/c29-23(18-28-10-14-32-15-11-28)25-21-4-6-22(7-5-21)26-24(30)20-3-1-2-19(16-20)17-27-8-12-31-13-9-27/h1-7,16H,8-15,17-18H2,(H,25,29)(H,26,30). The maximum atomic E-state index is 12.7. The Morgan fingerprint density at radius 1 is 0.781 bits per heavy atom. The molecule has 0 aromatic heterocycles. The molecule has 0 atom stereocenters. The van der Waals surface area contributed by atoms with E-state index in [4.69, 9.17) is 9.47 Å². The fourth-order valence-corrected chi connectivity index (χ4v) is 3.83. The molecule has 32 heavy (non-hydrogen) atoms. The van der Waals surface area contributed by atoms with Crippen molar-refractivity contribution in [1.82, 2.24) is 9.80 Å². The van der Waals surface area contributed by atoms with E-state index in [-0.39, 0.29) is 11.8 Å². The van der Waals surface area contributed by atoms with Crippen LogP contribution in [0.4, 0.5) is 11.4 Å². The van der Waals surface area contributed by atoms with Crippen molar-refractivity contribution in [2.45, 2.75) is 6.54 Å². The molecular weight excluding hydrogens is 408 g/mol. The van der Waals surface area contributed by atoms with E-state index in [0.29, 0.717) is 36.7 Å². The zero-order valence-corrected chi connectivity index (χ0v) is 18.2. The fourth-order valence-electron chi connectivity index (χ4n) is 3.83. The number of benzene rings is 2. The number of rotatable bonds is 7. The summed E-state index contributed by atoms with van der Waals surface area (Å²) in [6.07, 6.45) is 0. The summed E-state index contributed by atoms with van der Waals surface area (Å²) in [4.78, 5) is 29.3. The largest absolute Gasteiger partial charge is 0.379 e. The van der Waals surface area contributed by atoms with Crippen LogP contribution in [0.5, 0.6) is 0 Å². The van der Waals surface area contributed by atoms with Gasteiger partial charge in [-0.25, -0.2) is 0 Å². The highest BCUT2D eigenvalue weighted by atomic mass is 16.5. The van der Waals surface area contributed by atoms with Gasteiger partial charge in [0.2, 0.25) is 5.91 Å². The molecule has 2 amide bonds. The molecule has 8 heteroatoms. The van der Waals surface area contributed by atoms with Gasteiger partial charge >= 0.3 is 0 Å². The summed E-state index contributed by atoms with van der Waals surface area (Å²) in [5.41, 5.74) is 3.12. The van der Waals surface area contributed by atoms with Crippen molar-refractivity contribution >= 4 is 23.2 Å². The summed E-state index contributed by atoms with van der Waals surface area (Å²) < 4.78 is 10.7. The molecule has 2 fully saturated rings. The molecule has 0 bridgehead atoms. The topological polar surface area (TPSA) is 83.1 Å². The Kier molecular flexibility index (Phi) is 7.84. The van der Waals surface area contributed by atoms with Gasteiger partial charge < -0.3 is 20.1 Å². The molecule has 0 radical (unpaired) electrons. The molecule has 2 saturated heterocycles. The lowest BCUT2D eigenvalue weighted by atomic mass is 10.1. The van der Waals surface area contributed by atoms with E-state index >= 15 is 0 Å². The zero-order chi connectivity index (χ0) is 22.2. The number of hydrogen-bond acceptors (Lipinski definition) is 6. The lowest BCUT2D eigenvalue weighted by Crippen LogP contribution is -2.41. The van der Waals surface area contributed by atoms with E-state index in [1.165, 1.54) is 0 Å². The van der Waals surface area contributed by atoms with Crippen molar-refractivity contribution in [3.05, 3.63) is 59.7 Å². The first kappa shape index (κ1) is 22.4. The van der Waals surface area contributed by atoms with E-state index in [1.54, 1.807) is 24.3 Å². The third-order valence-electron chi connectivity index (χ3n) is 5.60. The zero-order valence-electron chi connectivity index (χ0n) is 18.2. The van der Waals surface area contributed by atoms with E-state index in [2.05, 4.69) is 20.4 Å². The molecule has 2 N–H and O–H groups in total. The second kappa shape index (κ2) is 11.2. The first-order valence-electron chi connectivity index (χ1n) is 11.1. The van der Waals surface area contributed by atoms with E-state index in [0.717, 1.165) is 51.5 Å². The van der Waals surface area contributed by atoms with Gasteiger partial charge in [0.1, 0.15) is 0 Å².